The number of carbonyl (C=O) groups is 1. The van der Waals surface area contributed by atoms with Crippen LogP contribution < -0.4 is 5.32 Å². The molecule has 2 aromatic carbocycles. The normalized spacial score (nSPS) is 12.5. The number of nitrogens with zero attached hydrogens (tertiary/aromatic N) is 1. The first-order valence-electron chi connectivity index (χ1n) is 8.30. The van der Waals surface area contributed by atoms with E-state index in [0.717, 1.165) is 11.9 Å². The molecule has 0 bridgehead atoms. The Balaban J connectivity index is 1.66. The molecular weight excluding hydrogens is 317 g/mol. The molecule has 1 atom stereocenters. The van der Waals surface area contributed by atoms with E-state index >= 15 is 0 Å². The van der Waals surface area contributed by atoms with Gasteiger partial charge in [0.25, 0.3) is 5.91 Å². The standard InChI is InChI=1S/C20H22FN3O/c1-24(2)17(10-14-6-4-3-5-7-14)13-22-20(25)19-12-15-11-16(21)8-9-18(15)23-19/h3-9,11-12,17,23H,10,13H2,1-2H3,(H,22,25). The Hall–Kier alpha value is -2.66. The number of H-pyrrole nitrogens is 1. The second-order valence-corrected chi connectivity index (χ2v) is 6.43. The Labute approximate surface area is 146 Å². The lowest BCUT2D eigenvalue weighted by atomic mass is 10.1. The van der Waals surface area contributed by atoms with Gasteiger partial charge in [-0.15, -0.1) is 0 Å². The van der Waals surface area contributed by atoms with Gasteiger partial charge in [-0.25, -0.2) is 4.39 Å². The van der Waals surface area contributed by atoms with Gasteiger partial charge < -0.3 is 15.2 Å². The number of aromatic amines is 1. The Bertz CT molecular complexity index is 858. The van der Waals surface area contributed by atoms with Gasteiger partial charge in [-0.3, -0.25) is 4.79 Å². The summed E-state index contributed by atoms with van der Waals surface area (Å²) in [5.74, 6) is -0.495. The molecule has 4 nitrogen and oxygen atoms in total. The molecule has 3 rings (SSSR count). The Morgan fingerprint density at radius 1 is 1.16 bits per heavy atom. The predicted molar refractivity (Wildman–Crippen MR) is 98.2 cm³/mol. The maximum atomic E-state index is 13.3. The molecule has 2 N–H and O–H groups in total. The van der Waals surface area contributed by atoms with E-state index in [9.17, 15) is 9.18 Å². The number of rotatable bonds is 6. The van der Waals surface area contributed by atoms with Gasteiger partial charge in [0, 0.05) is 23.5 Å². The summed E-state index contributed by atoms with van der Waals surface area (Å²) in [5, 5.41) is 3.66. The number of hydrogen-bond donors (Lipinski definition) is 2. The number of benzene rings is 2. The predicted octanol–water partition coefficient (Wildman–Crippen LogP) is 3.21. The topological polar surface area (TPSA) is 48.1 Å². The van der Waals surface area contributed by atoms with Crippen molar-refractivity contribution in [2.75, 3.05) is 20.6 Å². The molecule has 1 aromatic heterocycles. The van der Waals surface area contributed by atoms with Gasteiger partial charge in [0.2, 0.25) is 0 Å². The first-order valence-corrected chi connectivity index (χ1v) is 8.30. The van der Waals surface area contributed by atoms with Crippen molar-refractivity contribution < 1.29 is 9.18 Å². The van der Waals surface area contributed by atoms with Crippen molar-refractivity contribution >= 4 is 16.8 Å². The minimum absolute atomic E-state index is 0.184. The molecule has 0 radical (unpaired) electrons. The number of carbonyl (C=O) groups excluding carboxylic acids is 1. The second-order valence-electron chi connectivity index (χ2n) is 6.43. The van der Waals surface area contributed by atoms with Crippen LogP contribution in [0, 0.1) is 5.82 Å². The third-order valence-electron chi connectivity index (χ3n) is 4.37. The molecule has 0 spiro atoms. The molecule has 1 amide bonds. The largest absolute Gasteiger partial charge is 0.351 e. The van der Waals surface area contributed by atoms with Gasteiger partial charge in [-0.1, -0.05) is 30.3 Å². The number of amides is 1. The molecule has 3 aromatic rings. The number of nitrogens with one attached hydrogen (secondary N) is 2. The van der Waals surface area contributed by atoms with Crippen molar-refractivity contribution in [3.63, 3.8) is 0 Å². The Morgan fingerprint density at radius 3 is 2.64 bits per heavy atom. The van der Waals surface area contributed by atoms with Gasteiger partial charge in [0.1, 0.15) is 11.5 Å². The summed E-state index contributed by atoms with van der Waals surface area (Å²) in [6.45, 7) is 0.532. The van der Waals surface area contributed by atoms with Crippen molar-refractivity contribution in [3.8, 4) is 0 Å². The highest BCUT2D eigenvalue weighted by molar-refractivity contribution is 5.98. The van der Waals surface area contributed by atoms with Crippen LogP contribution >= 0.6 is 0 Å². The number of fused-ring (bicyclic) bond motifs is 1. The van der Waals surface area contributed by atoms with E-state index in [-0.39, 0.29) is 17.8 Å². The van der Waals surface area contributed by atoms with Crippen molar-refractivity contribution in [2.24, 2.45) is 0 Å². The van der Waals surface area contributed by atoms with E-state index in [2.05, 4.69) is 27.3 Å². The van der Waals surface area contributed by atoms with Gasteiger partial charge in [-0.05, 0) is 50.3 Å². The van der Waals surface area contributed by atoms with Crippen LogP contribution in [0.3, 0.4) is 0 Å². The zero-order chi connectivity index (χ0) is 17.8. The molecule has 0 saturated heterocycles. The quantitative estimate of drug-likeness (QED) is 0.724. The maximum Gasteiger partial charge on any atom is 0.267 e. The van der Waals surface area contributed by atoms with E-state index in [1.54, 1.807) is 12.1 Å². The minimum atomic E-state index is -0.311. The lowest BCUT2D eigenvalue weighted by Crippen LogP contribution is -2.41. The van der Waals surface area contributed by atoms with Gasteiger partial charge >= 0.3 is 0 Å². The van der Waals surface area contributed by atoms with Crippen LogP contribution in [0.15, 0.2) is 54.6 Å². The van der Waals surface area contributed by atoms with Gasteiger partial charge in [0.15, 0.2) is 0 Å². The molecule has 0 fully saturated rings. The van der Waals surface area contributed by atoms with Crippen molar-refractivity contribution in [1.29, 1.82) is 0 Å². The van der Waals surface area contributed by atoms with Crippen LogP contribution in [-0.2, 0) is 6.42 Å². The molecule has 130 valence electrons. The van der Waals surface area contributed by atoms with Gasteiger partial charge in [0.05, 0.1) is 0 Å². The van der Waals surface area contributed by atoms with Crippen LogP contribution in [0.1, 0.15) is 16.1 Å². The number of aromatic nitrogens is 1. The highest BCUT2D eigenvalue weighted by atomic mass is 19.1. The summed E-state index contributed by atoms with van der Waals surface area (Å²) in [7, 11) is 4.01. The van der Waals surface area contributed by atoms with Crippen LogP contribution in [-0.4, -0.2) is 42.5 Å². The molecular formula is C20H22FN3O. The third-order valence-corrected chi connectivity index (χ3v) is 4.37. The monoisotopic (exact) mass is 339 g/mol. The maximum absolute atomic E-state index is 13.3. The first-order chi connectivity index (χ1) is 12.0. The Morgan fingerprint density at radius 2 is 1.92 bits per heavy atom. The second kappa shape index (κ2) is 7.49. The van der Waals surface area contributed by atoms with E-state index in [1.807, 2.05) is 32.3 Å². The summed E-state index contributed by atoms with van der Waals surface area (Å²) in [6.07, 6.45) is 0.853. The summed E-state index contributed by atoms with van der Waals surface area (Å²) in [4.78, 5) is 17.6. The zero-order valence-corrected chi connectivity index (χ0v) is 14.4. The van der Waals surface area contributed by atoms with Gasteiger partial charge in [-0.2, -0.15) is 0 Å². The fourth-order valence-corrected chi connectivity index (χ4v) is 2.86. The highest BCUT2D eigenvalue weighted by Gasteiger charge is 2.15. The average molecular weight is 339 g/mol. The molecule has 25 heavy (non-hydrogen) atoms. The summed E-state index contributed by atoms with van der Waals surface area (Å²) >= 11 is 0. The number of likely N-dealkylation sites (N-methyl/N-ethyl adjacent to an activating group) is 1. The first kappa shape index (κ1) is 17.2. The highest BCUT2D eigenvalue weighted by Crippen LogP contribution is 2.16. The smallest absolute Gasteiger partial charge is 0.267 e. The van der Waals surface area contributed by atoms with Crippen molar-refractivity contribution in [3.05, 3.63) is 71.7 Å². The molecule has 0 aliphatic rings. The van der Waals surface area contributed by atoms with Crippen LogP contribution in [0.25, 0.3) is 10.9 Å². The van der Waals surface area contributed by atoms with Crippen molar-refractivity contribution in [2.45, 2.75) is 12.5 Å². The molecule has 1 unspecified atom stereocenters. The van der Waals surface area contributed by atoms with Crippen LogP contribution in [0.2, 0.25) is 0 Å². The third kappa shape index (κ3) is 4.25. The fraction of sp³-hybridized carbons (Fsp3) is 0.250. The summed E-state index contributed by atoms with van der Waals surface area (Å²) < 4.78 is 13.3. The molecule has 0 aliphatic heterocycles. The summed E-state index contributed by atoms with van der Waals surface area (Å²) in [5.41, 5.74) is 2.43. The van der Waals surface area contributed by atoms with E-state index in [1.165, 1.54) is 17.7 Å². The molecule has 1 heterocycles. The lowest BCUT2D eigenvalue weighted by Gasteiger charge is -2.24. The molecule has 5 heteroatoms. The zero-order valence-electron chi connectivity index (χ0n) is 14.4. The van der Waals surface area contributed by atoms with Crippen molar-refractivity contribution in [1.82, 2.24) is 15.2 Å². The SMILES string of the molecule is CN(C)C(CNC(=O)c1cc2cc(F)ccc2[nH]1)Cc1ccccc1. The minimum Gasteiger partial charge on any atom is -0.351 e. The number of halogens is 1. The molecule has 0 saturated carbocycles. The van der Waals surface area contributed by atoms with E-state index in [4.69, 9.17) is 0 Å². The number of hydrogen-bond acceptors (Lipinski definition) is 2. The molecule has 0 aliphatic carbocycles. The summed E-state index contributed by atoms with van der Waals surface area (Å²) in [6, 6.07) is 16.5. The lowest BCUT2D eigenvalue weighted by molar-refractivity contribution is 0.0937. The van der Waals surface area contributed by atoms with Crippen LogP contribution in [0.4, 0.5) is 4.39 Å². The van der Waals surface area contributed by atoms with Crippen LogP contribution in [0.5, 0.6) is 0 Å². The van der Waals surface area contributed by atoms with E-state index in [0.29, 0.717) is 17.6 Å². The van der Waals surface area contributed by atoms with E-state index < -0.39 is 0 Å². The fourth-order valence-electron chi connectivity index (χ4n) is 2.86. The Kier molecular flexibility index (Phi) is 5.14. The average Bonchev–Trinajstić information content (AvgIpc) is 3.02.